The van der Waals surface area contributed by atoms with Gasteiger partial charge in [0.2, 0.25) is 0 Å². The quantitative estimate of drug-likeness (QED) is 0.752. The topological polar surface area (TPSA) is 80.0 Å². The highest BCUT2D eigenvalue weighted by molar-refractivity contribution is 7.22. The van der Waals surface area contributed by atoms with Gasteiger partial charge >= 0.3 is 0 Å². The van der Waals surface area contributed by atoms with Crippen molar-refractivity contribution in [2.75, 3.05) is 29.0 Å². The van der Waals surface area contributed by atoms with E-state index in [1.807, 2.05) is 24.3 Å². The summed E-state index contributed by atoms with van der Waals surface area (Å²) in [5.74, 6) is 1.35. The minimum Gasteiger partial charge on any atom is -0.393 e. The molecule has 0 aliphatic rings. The van der Waals surface area contributed by atoms with Crippen molar-refractivity contribution in [1.82, 2.24) is 15.0 Å². The lowest BCUT2D eigenvalue weighted by Gasteiger charge is -2.21. The van der Waals surface area contributed by atoms with Crippen LogP contribution in [0.3, 0.4) is 0 Å². The molecular weight excluding hydrogens is 296 g/mol. The van der Waals surface area contributed by atoms with Gasteiger partial charge in [0, 0.05) is 13.1 Å². The molecule has 7 heteroatoms. The molecule has 0 saturated heterocycles. The van der Waals surface area contributed by atoms with Crippen LogP contribution >= 0.6 is 11.3 Å². The Bertz CT molecular complexity index is 748. The van der Waals surface area contributed by atoms with Gasteiger partial charge in [0.25, 0.3) is 0 Å². The van der Waals surface area contributed by atoms with Gasteiger partial charge in [-0.15, -0.1) is 0 Å². The van der Waals surface area contributed by atoms with E-state index in [2.05, 4.69) is 39.0 Å². The van der Waals surface area contributed by atoms with Gasteiger partial charge < -0.3 is 16.0 Å². The maximum Gasteiger partial charge on any atom is 0.189 e. The fraction of sp³-hybridized carbons (Fsp3) is 0.267. The number of hydrogen-bond donors (Lipinski definition) is 2. The normalized spacial score (nSPS) is 10.8. The Morgan fingerprint density at radius 3 is 2.68 bits per heavy atom. The summed E-state index contributed by atoms with van der Waals surface area (Å²) in [6, 6.07) is 8.01. The van der Waals surface area contributed by atoms with Gasteiger partial charge in [0.1, 0.15) is 12.0 Å². The Balaban J connectivity index is 1.93. The number of rotatable bonds is 5. The van der Waals surface area contributed by atoms with E-state index in [9.17, 15) is 0 Å². The van der Waals surface area contributed by atoms with Crippen molar-refractivity contribution in [2.45, 2.75) is 13.8 Å². The molecule has 0 atom stereocenters. The third-order valence-electron chi connectivity index (χ3n) is 3.45. The summed E-state index contributed by atoms with van der Waals surface area (Å²) in [5, 5.41) is 3.98. The molecule has 0 aliphatic carbocycles. The maximum absolute atomic E-state index is 6.23. The van der Waals surface area contributed by atoms with Gasteiger partial charge in [-0.25, -0.2) is 15.0 Å². The molecule has 0 bridgehead atoms. The van der Waals surface area contributed by atoms with Crippen molar-refractivity contribution in [1.29, 1.82) is 0 Å². The summed E-state index contributed by atoms with van der Waals surface area (Å²) < 4.78 is 1.13. The minimum absolute atomic E-state index is 0.547. The standard InChI is InChI=1S/C15H18N6S/c1-3-21(4-2)14-12(16)13(17-9-18-14)20-15-19-10-7-5-6-8-11(10)22-15/h5-9H,3-4,16H2,1-2H3,(H,17,18,19,20). The predicted molar refractivity (Wildman–Crippen MR) is 92.9 cm³/mol. The number of nitrogens with two attached hydrogens (primary N) is 1. The number of nitrogen functional groups attached to an aromatic ring is 1. The third-order valence-corrected chi connectivity index (χ3v) is 4.40. The number of benzene rings is 1. The summed E-state index contributed by atoms with van der Waals surface area (Å²) in [5.41, 5.74) is 7.74. The van der Waals surface area contributed by atoms with Crippen LogP contribution in [0.4, 0.5) is 22.5 Å². The lowest BCUT2D eigenvalue weighted by Crippen LogP contribution is -2.24. The van der Waals surface area contributed by atoms with Gasteiger partial charge in [-0.2, -0.15) is 0 Å². The molecular formula is C15H18N6S. The molecule has 0 aliphatic heterocycles. The largest absolute Gasteiger partial charge is 0.393 e. The molecule has 22 heavy (non-hydrogen) atoms. The number of nitrogens with zero attached hydrogens (tertiary/aromatic N) is 4. The van der Waals surface area contributed by atoms with E-state index in [0.29, 0.717) is 11.5 Å². The summed E-state index contributed by atoms with van der Waals surface area (Å²) in [6.45, 7) is 5.84. The van der Waals surface area contributed by atoms with E-state index in [-0.39, 0.29) is 0 Å². The van der Waals surface area contributed by atoms with Crippen molar-refractivity contribution in [3.8, 4) is 0 Å². The van der Waals surface area contributed by atoms with Crippen molar-refractivity contribution >= 4 is 44.0 Å². The van der Waals surface area contributed by atoms with Crippen LogP contribution in [-0.4, -0.2) is 28.0 Å². The van der Waals surface area contributed by atoms with Crippen LogP contribution in [0.1, 0.15) is 13.8 Å². The number of hydrogen-bond acceptors (Lipinski definition) is 7. The summed E-state index contributed by atoms with van der Waals surface area (Å²) in [7, 11) is 0. The second-order valence-electron chi connectivity index (χ2n) is 4.74. The number of aromatic nitrogens is 3. The van der Waals surface area contributed by atoms with E-state index in [1.165, 1.54) is 6.33 Å². The minimum atomic E-state index is 0.547. The van der Waals surface area contributed by atoms with Crippen LogP contribution < -0.4 is 16.0 Å². The first-order chi connectivity index (χ1) is 10.7. The SMILES string of the molecule is CCN(CC)c1ncnc(Nc2nc3ccccc3s2)c1N. The highest BCUT2D eigenvalue weighted by Crippen LogP contribution is 2.31. The number of anilines is 4. The molecule has 114 valence electrons. The first-order valence-corrected chi connectivity index (χ1v) is 8.02. The molecule has 0 amide bonds. The van der Waals surface area contributed by atoms with E-state index in [4.69, 9.17) is 5.73 Å². The monoisotopic (exact) mass is 314 g/mol. The van der Waals surface area contributed by atoms with Crippen LogP contribution in [0.15, 0.2) is 30.6 Å². The number of thiazole rings is 1. The first kappa shape index (κ1) is 14.5. The zero-order chi connectivity index (χ0) is 15.5. The van der Waals surface area contributed by atoms with Crippen molar-refractivity contribution in [3.05, 3.63) is 30.6 Å². The molecule has 0 unspecified atom stereocenters. The highest BCUT2D eigenvalue weighted by atomic mass is 32.1. The second-order valence-corrected chi connectivity index (χ2v) is 5.77. The van der Waals surface area contributed by atoms with Gasteiger partial charge in [0.15, 0.2) is 16.8 Å². The maximum atomic E-state index is 6.23. The molecule has 2 aromatic heterocycles. The third kappa shape index (κ3) is 2.67. The summed E-state index contributed by atoms with van der Waals surface area (Å²) in [4.78, 5) is 15.2. The molecule has 6 nitrogen and oxygen atoms in total. The van der Waals surface area contributed by atoms with Gasteiger partial charge in [-0.1, -0.05) is 23.5 Å². The zero-order valence-corrected chi connectivity index (χ0v) is 13.4. The molecule has 0 radical (unpaired) electrons. The molecule has 0 saturated carbocycles. The van der Waals surface area contributed by atoms with Crippen LogP contribution in [0.25, 0.3) is 10.2 Å². The van der Waals surface area contributed by atoms with Crippen molar-refractivity contribution in [2.24, 2.45) is 0 Å². The molecule has 2 heterocycles. The number of para-hydroxylation sites is 1. The average Bonchev–Trinajstić information content (AvgIpc) is 2.94. The second kappa shape index (κ2) is 6.15. The predicted octanol–water partition coefficient (Wildman–Crippen LogP) is 3.26. The molecule has 1 aromatic carbocycles. The Kier molecular flexibility index (Phi) is 4.06. The van der Waals surface area contributed by atoms with Crippen LogP contribution in [0, 0.1) is 0 Å². The Labute approximate surface area is 133 Å². The van der Waals surface area contributed by atoms with Crippen molar-refractivity contribution in [3.63, 3.8) is 0 Å². The summed E-state index contributed by atoms with van der Waals surface area (Å²) >= 11 is 1.57. The number of nitrogens with one attached hydrogen (secondary N) is 1. The van der Waals surface area contributed by atoms with Crippen LogP contribution in [0.2, 0.25) is 0 Å². The Hall–Kier alpha value is -2.41. The van der Waals surface area contributed by atoms with Gasteiger partial charge in [-0.05, 0) is 26.0 Å². The zero-order valence-electron chi connectivity index (χ0n) is 12.6. The van der Waals surface area contributed by atoms with Gasteiger partial charge in [-0.3, -0.25) is 0 Å². The molecule has 3 rings (SSSR count). The fourth-order valence-corrected chi connectivity index (χ4v) is 3.15. The smallest absolute Gasteiger partial charge is 0.189 e. The van der Waals surface area contributed by atoms with E-state index < -0.39 is 0 Å². The van der Waals surface area contributed by atoms with Crippen molar-refractivity contribution < 1.29 is 0 Å². The average molecular weight is 314 g/mol. The van der Waals surface area contributed by atoms with Gasteiger partial charge in [0.05, 0.1) is 10.2 Å². The lowest BCUT2D eigenvalue weighted by atomic mass is 10.3. The highest BCUT2D eigenvalue weighted by Gasteiger charge is 2.14. The van der Waals surface area contributed by atoms with E-state index >= 15 is 0 Å². The van der Waals surface area contributed by atoms with Crippen LogP contribution in [0.5, 0.6) is 0 Å². The number of fused-ring (bicyclic) bond motifs is 1. The molecule has 0 spiro atoms. The summed E-state index contributed by atoms with van der Waals surface area (Å²) in [6.07, 6.45) is 1.53. The van der Waals surface area contributed by atoms with E-state index in [0.717, 1.165) is 34.3 Å². The molecule has 0 fully saturated rings. The van der Waals surface area contributed by atoms with Crippen LogP contribution in [-0.2, 0) is 0 Å². The molecule has 3 N–H and O–H groups in total. The Morgan fingerprint density at radius 1 is 1.18 bits per heavy atom. The fourth-order valence-electron chi connectivity index (χ4n) is 2.29. The lowest BCUT2D eigenvalue weighted by molar-refractivity contribution is 0.844. The first-order valence-electron chi connectivity index (χ1n) is 7.21. The molecule has 3 aromatic rings. The Morgan fingerprint density at radius 2 is 1.95 bits per heavy atom. The van der Waals surface area contributed by atoms with E-state index in [1.54, 1.807) is 11.3 Å².